The highest BCUT2D eigenvalue weighted by Crippen LogP contribution is 2.13. The number of fused-ring (bicyclic) bond motifs is 1. The molecule has 1 aromatic heterocycles. The van der Waals surface area contributed by atoms with Gasteiger partial charge in [-0.15, -0.1) is 0 Å². The van der Waals surface area contributed by atoms with Crippen molar-refractivity contribution < 1.29 is 4.79 Å². The Hall–Kier alpha value is -2.14. The van der Waals surface area contributed by atoms with Gasteiger partial charge in [-0.1, -0.05) is 34.1 Å². The molecule has 22 heavy (non-hydrogen) atoms. The number of hydrogen-bond donors (Lipinski definition) is 2. The molecule has 4 nitrogen and oxygen atoms in total. The van der Waals surface area contributed by atoms with Crippen molar-refractivity contribution in [2.75, 3.05) is 0 Å². The highest BCUT2D eigenvalue weighted by atomic mass is 79.9. The van der Waals surface area contributed by atoms with Crippen molar-refractivity contribution in [1.82, 2.24) is 15.3 Å². The minimum absolute atomic E-state index is 0.0599. The second-order valence-electron chi connectivity index (χ2n) is 5.16. The van der Waals surface area contributed by atoms with Gasteiger partial charge in [0, 0.05) is 17.4 Å². The van der Waals surface area contributed by atoms with Crippen molar-refractivity contribution in [1.29, 1.82) is 0 Å². The lowest BCUT2D eigenvalue weighted by molar-refractivity contribution is -0.121. The number of rotatable bonds is 5. The molecule has 0 radical (unpaired) electrons. The number of nitrogens with one attached hydrogen (secondary N) is 2. The van der Waals surface area contributed by atoms with E-state index in [1.165, 1.54) is 0 Å². The summed E-state index contributed by atoms with van der Waals surface area (Å²) in [6, 6.07) is 14.0. The standard InChI is InChI=1S/C17H16BrN3O/c18-14-3-1-2-13(8-14)10-19-17(22)7-5-12-4-6-15-16(9-12)21-11-20-15/h1-4,6,8-9,11H,5,7,10H2,(H,19,22)(H,20,21). The Labute approximate surface area is 137 Å². The number of aromatic nitrogens is 2. The predicted octanol–water partition coefficient (Wildman–Crippen LogP) is 3.57. The van der Waals surface area contributed by atoms with Crippen LogP contribution in [0.1, 0.15) is 17.5 Å². The molecule has 3 rings (SSSR count). The zero-order chi connectivity index (χ0) is 15.4. The maximum atomic E-state index is 11.9. The van der Waals surface area contributed by atoms with Crippen molar-refractivity contribution in [2.45, 2.75) is 19.4 Å². The molecule has 0 aliphatic carbocycles. The molecule has 0 saturated carbocycles. The summed E-state index contributed by atoms with van der Waals surface area (Å²) >= 11 is 3.43. The van der Waals surface area contributed by atoms with E-state index >= 15 is 0 Å². The average Bonchev–Trinajstić information content (AvgIpc) is 2.98. The number of nitrogens with zero attached hydrogens (tertiary/aromatic N) is 1. The van der Waals surface area contributed by atoms with E-state index in [-0.39, 0.29) is 5.91 Å². The third kappa shape index (κ3) is 3.74. The van der Waals surface area contributed by atoms with Gasteiger partial charge in [0.2, 0.25) is 5.91 Å². The molecule has 2 aromatic carbocycles. The first-order valence-corrected chi connectivity index (χ1v) is 7.93. The molecule has 0 aliphatic rings. The molecule has 1 amide bonds. The van der Waals surface area contributed by atoms with E-state index in [1.807, 2.05) is 42.5 Å². The van der Waals surface area contributed by atoms with E-state index in [0.29, 0.717) is 13.0 Å². The summed E-state index contributed by atoms with van der Waals surface area (Å²) in [4.78, 5) is 19.2. The van der Waals surface area contributed by atoms with Gasteiger partial charge in [0.1, 0.15) is 0 Å². The van der Waals surface area contributed by atoms with Crippen molar-refractivity contribution in [3.63, 3.8) is 0 Å². The highest BCUT2D eigenvalue weighted by Gasteiger charge is 2.04. The van der Waals surface area contributed by atoms with E-state index in [0.717, 1.165) is 33.1 Å². The lowest BCUT2D eigenvalue weighted by Gasteiger charge is -2.06. The molecule has 0 spiro atoms. The Bertz CT molecular complexity index is 797. The normalized spacial score (nSPS) is 10.8. The summed E-state index contributed by atoms with van der Waals surface area (Å²) in [6.45, 7) is 0.553. The van der Waals surface area contributed by atoms with E-state index < -0.39 is 0 Å². The number of aryl methyl sites for hydroxylation is 1. The highest BCUT2D eigenvalue weighted by molar-refractivity contribution is 9.10. The van der Waals surface area contributed by atoms with Gasteiger partial charge in [0.05, 0.1) is 17.4 Å². The molecule has 1 heterocycles. The van der Waals surface area contributed by atoms with E-state index in [1.54, 1.807) is 6.33 Å². The number of hydrogen-bond acceptors (Lipinski definition) is 2. The Kier molecular flexibility index (Phi) is 4.53. The summed E-state index contributed by atoms with van der Waals surface area (Å²) < 4.78 is 1.02. The lowest BCUT2D eigenvalue weighted by Crippen LogP contribution is -2.22. The van der Waals surface area contributed by atoms with Gasteiger partial charge in [-0.2, -0.15) is 0 Å². The van der Waals surface area contributed by atoms with Crippen LogP contribution in [0, 0.1) is 0 Å². The van der Waals surface area contributed by atoms with Crippen molar-refractivity contribution in [2.24, 2.45) is 0 Å². The van der Waals surface area contributed by atoms with Gasteiger partial charge in [0.25, 0.3) is 0 Å². The molecule has 3 aromatic rings. The molecule has 5 heteroatoms. The second kappa shape index (κ2) is 6.75. The zero-order valence-corrected chi connectivity index (χ0v) is 13.6. The van der Waals surface area contributed by atoms with Crippen LogP contribution in [0.3, 0.4) is 0 Å². The Morgan fingerprint density at radius 1 is 1.18 bits per heavy atom. The quantitative estimate of drug-likeness (QED) is 0.733. The van der Waals surface area contributed by atoms with Crippen LogP contribution in [-0.4, -0.2) is 15.9 Å². The SMILES string of the molecule is O=C(CCc1ccc2nc[nH]c2c1)NCc1cccc(Br)c1. The first kappa shape index (κ1) is 14.8. The topological polar surface area (TPSA) is 57.8 Å². The van der Waals surface area contributed by atoms with Crippen molar-refractivity contribution in [3.05, 3.63) is 64.4 Å². The third-order valence-corrected chi connectivity index (χ3v) is 4.00. The molecule has 0 atom stereocenters. The van der Waals surface area contributed by atoms with Gasteiger partial charge in [-0.3, -0.25) is 4.79 Å². The van der Waals surface area contributed by atoms with E-state index in [9.17, 15) is 4.79 Å². The minimum Gasteiger partial charge on any atom is -0.352 e. The van der Waals surface area contributed by atoms with Gasteiger partial charge in [-0.05, 0) is 41.8 Å². The molecule has 0 unspecified atom stereocenters. The Morgan fingerprint density at radius 2 is 2.09 bits per heavy atom. The van der Waals surface area contributed by atoms with Crippen LogP contribution < -0.4 is 5.32 Å². The van der Waals surface area contributed by atoms with Crippen LogP contribution in [0.25, 0.3) is 11.0 Å². The fraction of sp³-hybridized carbons (Fsp3) is 0.176. The third-order valence-electron chi connectivity index (χ3n) is 3.50. The van der Waals surface area contributed by atoms with Gasteiger partial charge >= 0.3 is 0 Å². The summed E-state index contributed by atoms with van der Waals surface area (Å²) in [5, 5.41) is 2.95. The molecule has 0 saturated heterocycles. The summed E-state index contributed by atoms with van der Waals surface area (Å²) in [7, 11) is 0. The number of amides is 1. The van der Waals surface area contributed by atoms with Crippen LogP contribution in [-0.2, 0) is 17.8 Å². The number of imidazole rings is 1. The maximum Gasteiger partial charge on any atom is 0.220 e. The number of halogens is 1. The molecule has 2 N–H and O–H groups in total. The molecule has 0 aliphatic heterocycles. The minimum atomic E-state index is 0.0599. The van der Waals surface area contributed by atoms with Crippen LogP contribution in [0.2, 0.25) is 0 Å². The van der Waals surface area contributed by atoms with E-state index in [4.69, 9.17) is 0 Å². The van der Waals surface area contributed by atoms with Crippen LogP contribution >= 0.6 is 15.9 Å². The lowest BCUT2D eigenvalue weighted by atomic mass is 10.1. The summed E-state index contributed by atoms with van der Waals surface area (Å²) in [6.07, 6.45) is 2.88. The van der Waals surface area contributed by atoms with Gasteiger partial charge < -0.3 is 10.3 Å². The van der Waals surface area contributed by atoms with Gasteiger partial charge in [-0.25, -0.2) is 4.98 Å². The number of aromatic amines is 1. The molecular formula is C17H16BrN3O. The summed E-state index contributed by atoms with van der Waals surface area (Å²) in [5.74, 6) is 0.0599. The predicted molar refractivity (Wildman–Crippen MR) is 90.4 cm³/mol. The molecule has 0 fully saturated rings. The van der Waals surface area contributed by atoms with E-state index in [2.05, 4.69) is 31.2 Å². The molecule has 0 bridgehead atoms. The average molecular weight is 358 g/mol. The second-order valence-corrected chi connectivity index (χ2v) is 6.08. The molecule has 112 valence electrons. The fourth-order valence-electron chi connectivity index (χ4n) is 2.33. The van der Waals surface area contributed by atoms with Gasteiger partial charge in [0.15, 0.2) is 0 Å². The molecular weight excluding hydrogens is 342 g/mol. The number of carbonyl (C=O) groups excluding carboxylic acids is 1. The maximum absolute atomic E-state index is 11.9. The first-order chi connectivity index (χ1) is 10.7. The number of benzene rings is 2. The number of carbonyl (C=O) groups is 1. The Morgan fingerprint density at radius 3 is 2.95 bits per heavy atom. The fourth-order valence-corrected chi connectivity index (χ4v) is 2.78. The van der Waals surface area contributed by atoms with Crippen LogP contribution in [0.4, 0.5) is 0 Å². The Balaban J connectivity index is 1.51. The smallest absolute Gasteiger partial charge is 0.220 e. The van der Waals surface area contributed by atoms with Crippen molar-refractivity contribution >= 4 is 32.9 Å². The monoisotopic (exact) mass is 357 g/mol. The van der Waals surface area contributed by atoms with Crippen LogP contribution in [0.15, 0.2) is 53.3 Å². The van der Waals surface area contributed by atoms with Crippen molar-refractivity contribution in [3.8, 4) is 0 Å². The first-order valence-electron chi connectivity index (χ1n) is 7.14. The number of H-pyrrole nitrogens is 1. The largest absolute Gasteiger partial charge is 0.352 e. The summed E-state index contributed by atoms with van der Waals surface area (Å²) in [5.41, 5.74) is 4.17. The van der Waals surface area contributed by atoms with Crippen LogP contribution in [0.5, 0.6) is 0 Å². The zero-order valence-electron chi connectivity index (χ0n) is 12.0.